The average Bonchev–Trinajstić information content (AvgIpc) is 2.36. The van der Waals surface area contributed by atoms with Gasteiger partial charge < -0.3 is 5.32 Å². The fourth-order valence-corrected chi connectivity index (χ4v) is 2.58. The summed E-state index contributed by atoms with van der Waals surface area (Å²) < 4.78 is 25.8. The summed E-state index contributed by atoms with van der Waals surface area (Å²) >= 11 is 0. The summed E-state index contributed by atoms with van der Waals surface area (Å²) in [5.41, 5.74) is 1.02. The quantitative estimate of drug-likeness (QED) is 0.798. The minimum Gasteiger partial charge on any atom is -0.353 e. The molecule has 0 unspecified atom stereocenters. The number of rotatable bonds is 6. The Hall–Kier alpha value is -1.91. The SMILES string of the molecule is CC(C)NC(=O)CNS(=O)(=O)Cc1ccc(C#N)cc1. The van der Waals surface area contributed by atoms with Gasteiger partial charge in [-0.2, -0.15) is 5.26 Å². The van der Waals surface area contributed by atoms with Gasteiger partial charge in [0.2, 0.25) is 15.9 Å². The molecule has 0 atom stereocenters. The van der Waals surface area contributed by atoms with Gasteiger partial charge in [-0.1, -0.05) is 12.1 Å². The van der Waals surface area contributed by atoms with Crippen molar-refractivity contribution in [1.82, 2.24) is 10.0 Å². The Bertz CT molecular complexity index is 601. The zero-order chi connectivity index (χ0) is 15.2. The molecule has 0 saturated carbocycles. The van der Waals surface area contributed by atoms with Crippen molar-refractivity contribution in [2.45, 2.75) is 25.6 Å². The summed E-state index contributed by atoms with van der Waals surface area (Å²) in [4.78, 5) is 11.4. The van der Waals surface area contributed by atoms with Crippen molar-refractivity contribution in [3.8, 4) is 6.07 Å². The standard InChI is InChI=1S/C13H17N3O3S/c1-10(2)16-13(17)8-15-20(18,19)9-12-5-3-11(7-14)4-6-12/h3-6,10,15H,8-9H2,1-2H3,(H,16,17). The van der Waals surface area contributed by atoms with Crippen LogP contribution < -0.4 is 10.0 Å². The Morgan fingerprint density at radius 2 is 1.90 bits per heavy atom. The van der Waals surface area contributed by atoms with Crippen molar-refractivity contribution in [2.75, 3.05) is 6.54 Å². The second-order valence-corrected chi connectivity index (χ2v) is 6.42. The van der Waals surface area contributed by atoms with Crippen molar-refractivity contribution in [2.24, 2.45) is 0 Å². The van der Waals surface area contributed by atoms with Gasteiger partial charge in [0, 0.05) is 6.04 Å². The number of sulfonamides is 1. The van der Waals surface area contributed by atoms with E-state index in [1.165, 1.54) is 0 Å². The van der Waals surface area contributed by atoms with Crippen LogP contribution in [0.1, 0.15) is 25.0 Å². The molecule has 2 N–H and O–H groups in total. The van der Waals surface area contributed by atoms with Gasteiger partial charge in [0.25, 0.3) is 0 Å². The number of nitriles is 1. The number of amides is 1. The lowest BCUT2D eigenvalue weighted by molar-refractivity contribution is -0.120. The highest BCUT2D eigenvalue weighted by atomic mass is 32.2. The molecule has 0 aromatic heterocycles. The van der Waals surface area contributed by atoms with Crippen LogP contribution in [0.2, 0.25) is 0 Å². The number of carbonyl (C=O) groups excluding carboxylic acids is 1. The van der Waals surface area contributed by atoms with Crippen molar-refractivity contribution >= 4 is 15.9 Å². The van der Waals surface area contributed by atoms with E-state index in [0.29, 0.717) is 11.1 Å². The molecule has 0 aliphatic rings. The van der Waals surface area contributed by atoms with E-state index in [2.05, 4.69) is 10.0 Å². The monoisotopic (exact) mass is 295 g/mol. The molecule has 1 aromatic carbocycles. The van der Waals surface area contributed by atoms with E-state index in [4.69, 9.17) is 5.26 Å². The number of nitrogens with one attached hydrogen (secondary N) is 2. The Morgan fingerprint density at radius 1 is 1.30 bits per heavy atom. The predicted molar refractivity (Wildman–Crippen MR) is 75.1 cm³/mol. The first-order valence-electron chi connectivity index (χ1n) is 6.08. The Kier molecular flexibility index (Phi) is 5.67. The second kappa shape index (κ2) is 7.03. The molecular weight excluding hydrogens is 278 g/mol. The second-order valence-electron chi connectivity index (χ2n) is 4.61. The molecule has 0 fully saturated rings. The van der Waals surface area contributed by atoms with Crippen molar-refractivity contribution < 1.29 is 13.2 Å². The molecule has 1 amide bonds. The zero-order valence-corrected chi connectivity index (χ0v) is 12.2. The van der Waals surface area contributed by atoms with Gasteiger partial charge in [0.15, 0.2) is 0 Å². The molecule has 6 nitrogen and oxygen atoms in total. The molecule has 7 heteroatoms. The Balaban J connectivity index is 2.57. The number of carbonyl (C=O) groups is 1. The molecule has 0 bridgehead atoms. The van der Waals surface area contributed by atoms with E-state index >= 15 is 0 Å². The molecule has 0 heterocycles. The smallest absolute Gasteiger partial charge is 0.235 e. The van der Waals surface area contributed by atoms with E-state index in [0.717, 1.165) is 0 Å². The maximum atomic E-state index is 11.8. The molecule has 1 aromatic rings. The third-order valence-electron chi connectivity index (χ3n) is 2.34. The van der Waals surface area contributed by atoms with Crippen LogP contribution in [-0.4, -0.2) is 26.9 Å². The van der Waals surface area contributed by atoms with Crippen molar-refractivity contribution in [3.63, 3.8) is 0 Å². The highest BCUT2D eigenvalue weighted by molar-refractivity contribution is 7.88. The molecule has 0 aliphatic heterocycles. The first-order chi connectivity index (χ1) is 9.32. The van der Waals surface area contributed by atoms with Gasteiger partial charge in [-0.05, 0) is 31.5 Å². The molecule has 0 aliphatic carbocycles. The predicted octanol–water partition coefficient (Wildman–Crippen LogP) is 0.502. The summed E-state index contributed by atoms with van der Waals surface area (Å²) in [7, 11) is -3.58. The number of hydrogen-bond donors (Lipinski definition) is 2. The number of benzene rings is 1. The third-order valence-corrected chi connectivity index (χ3v) is 3.64. The van der Waals surface area contributed by atoms with Crippen LogP contribution in [0.25, 0.3) is 0 Å². The summed E-state index contributed by atoms with van der Waals surface area (Å²) in [5.74, 6) is -0.600. The highest BCUT2D eigenvalue weighted by Crippen LogP contribution is 2.06. The van der Waals surface area contributed by atoms with E-state index in [1.54, 1.807) is 38.1 Å². The molecule has 0 radical (unpaired) electrons. The van der Waals surface area contributed by atoms with Crippen LogP contribution in [-0.2, 0) is 20.6 Å². The van der Waals surface area contributed by atoms with Gasteiger partial charge in [-0.15, -0.1) is 0 Å². The van der Waals surface area contributed by atoms with E-state index in [1.807, 2.05) is 6.07 Å². The molecule has 108 valence electrons. The minimum absolute atomic E-state index is 0.0365. The molecule has 0 saturated heterocycles. The third kappa shape index (κ3) is 5.82. The molecule has 1 rings (SSSR count). The summed E-state index contributed by atoms with van der Waals surface area (Å²) in [6.45, 7) is 3.31. The Labute approximate surface area is 118 Å². The van der Waals surface area contributed by atoms with Crippen LogP contribution in [0.15, 0.2) is 24.3 Å². The van der Waals surface area contributed by atoms with E-state index < -0.39 is 10.0 Å². The van der Waals surface area contributed by atoms with Gasteiger partial charge in [0.05, 0.1) is 23.9 Å². The first-order valence-corrected chi connectivity index (χ1v) is 7.73. The van der Waals surface area contributed by atoms with Crippen molar-refractivity contribution in [3.05, 3.63) is 35.4 Å². The van der Waals surface area contributed by atoms with E-state index in [-0.39, 0.29) is 24.2 Å². The Morgan fingerprint density at radius 3 is 2.40 bits per heavy atom. The highest BCUT2D eigenvalue weighted by Gasteiger charge is 2.13. The van der Waals surface area contributed by atoms with Crippen LogP contribution >= 0.6 is 0 Å². The first kappa shape index (κ1) is 16.1. The molecule has 20 heavy (non-hydrogen) atoms. The number of nitrogens with zero attached hydrogens (tertiary/aromatic N) is 1. The molecule has 0 spiro atoms. The summed E-state index contributed by atoms with van der Waals surface area (Å²) in [5, 5.41) is 11.2. The lowest BCUT2D eigenvalue weighted by atomic mass is 10.2. The van der Waals surface area contributed by atoms with Gasteiger partial charge >= 0.3 is 0 Å². The normalized spacial score (nSPS) is 11.1. The van der Waals surface area contributed by atoms with Crippen LogP contribution in [0, 0.1) is 11.3 Å². The summed E-state index contributed by atoms with van der Waals surface area (Å²) in [6.07, 6.45) is 0. The maximum absolute atomic E-state index is 11.8. The van der Waals surface area contributed by atoms with Crippen LogP contribution in [0.5, 0.6) is 0 Å². The van der Waals surface area contributed by atoms with Gasteiger partial charge in [-0.3, -0.25) is 4.79 Å². The zero-order valence-electron chi connectivity index (χ0n) is 11.4. The fourth-order valence-electron chi connectivity index (χ4n) is 1.49. The van der Waals surface area contributed by atoms with E-state index in [9.17, 15) is 13.2 Å². The lowest BCUT2D eigenvalue weighted by Gasteiger charge is -2.10. The largest absolute Gasteiger partial charge is 0.353 e. The maximum Gasteiger partial charge on any atom is 0.235 e. The lowest BCUT2D eigenvalue weighted by Crippen LogP contribution is -2.40. The van der Waals surface area contributed by atoms with Crippen molar-refractivity contribution in [1.29, 1.82) is 5.26 Å². The average molecular weight is 295 g/mol. The van der Waals surface area contributed by atoms with Crippen LogP contribution in [0.3, 0.4) is 0 Å². The minimum atomic E-state index is -3.58. The number of hydrogen-bond acceptors (Lipinski definition) is 4. The van der Waals surface area contributed by atoms with Gasteiger partial charge in [0.1, 0.15) is 0 Å². The summed E-state index contributed by atoms with van der Waals surface area (Å²) in [6, 6.07) is 8.18. The fraction of sp³-hybridized carbons (Fsp3) is 0.385. The topological polar surface area (TPSA) is 99.1 Å². The molecular formula is C13H17N3O3S. The van der Waals surface area contributed by atoms with Crippen LogP contribution in [0.4, 0.5) is 0 Å². The van der Waals surface area contributed by atoms with Gasteiger partial charge in [-0.25, -0.2) is 13.1 Å².